The number of nitrogens with one attached hydrogen (secondary N) is 1. The molecule has 8 heteroatoms. The lowest BCUT2D eigenvalue weighted by Crippen LogP contribution is -2.40. The summed E-state index contributed by atoms with van der Waals surface area (Å²) in [6, 6.07) is 1.60. The van der Waals surface area contributed by atoms with E-state index in [1.165, 1.54) is 0 Å². The lowest BCUT2D eigenvalue weighted by molar-refractivity contribution is 0.187. The lowest BCUT2D eigenvalue weighted by atomic mass is 9.97. The van der Waals surface area contributed by atoms with E-state index < -0.39 is 0 Å². The van der Waals surface area contributed by atoms with Crippen LogP contribution in [0.3, 0.4) is 0 Å². The third-order valence-electron chi connectivity index (χ3n) is 3.99. The average Bonchev–Trinajstić information content (AvgIpc) is 2.97. The number of nitrogens with zero attached hydrogens (tertiary/aromatic N) is 4. The molecule has 23 heavy (non-hydrogen) atoms. The van der Waals surface area contributed by atoms with Crippen LogP contribution in [0.25, 0.3) is 0 Å². The average molecular weight is 336 g/mol. The van der Waals surface area contributed by atoms with Crippen LogP contribution in [0.4, 0.5) is 10.5 Å². The summed E-state index contributed by atoms with van der Waals surface area (Å²) in [5, 5.41) is 7.12. The zero-order valence-electron chi connectivity index (χ0n) is 13.0. The molecular formula is C15H18ClN5O2. The van der Waals surface area contributed by atoms with Gasteiger partial charge in [0.05, 0.1) is 11.9 Å². The molecule has 0 saturated carbocycles. The van der Waals surface area contributed by atoms with Crippen LogP contribution in [0, 0.1) is 13.8 Å². The number of carbonyl (C=O) groups is 1. The van der Waals surface area contributed by atoms with E-state index in [0.717, 1.165) is 18.4 Å². The van der Waals surface area contributed by atoms with Crippen LogP contribution in [-0.4, -0.2) is 39.1 Å². The highest BCUT2D eigenvalue weighted by Crippen LogP contribution is 2.27. The largest absolute Gasteiger partial charge is 0.339 e. The van der Waals surface area contributed by atoms with Gasteiger partial charge in [-0.15, -0.1) is 0 Å². The maximum absolute atomic E-state index is 12.4. The van der Waals surface area contributed by atoms with Crippen molar-refractivity contribution >= 4 is 23.3 Å². The molecule has 1 aliphatic rings. The molecule has 2 aromatic rings. The summed E-state index contributed by atoms with van der Waals surface area (Å²) in [7, 11) is 0. The highest BCUT2D eigenvalue weighted by atomic mass is 35.5. The normalized spacial score (nSPS) is 15.7. The summed E-state index contributed by atoms with van der Waals surface area (Å²) in [6.07, 6.45) is 3.20. The minimum atomic E-state index is -0.127. The molecule has 1 aliphatic heterocycles. The second kappa shape index (κ2) is 6.54. The minimum Gasteiger partial charge on any atom is -0.339 e. The predicted molar refractivity (Wildman–Crippen MR) is 85.6 cm³/mol. The number of hydrogen-bond acceptors (Lipinski definition) is 5. The first kappa shape index (κ1) is 15.7. The van der Waals surface area contributed by atoms with Gasteiger partial charge < -0.3 is 14.7 Å². The summed E-state index contributed by atoms with van der Waals surface area (Å²) in [5.74, 6) is 1.53. The zero-order valence-corrected chi connectivity index (χ0v) is 13.8. The Morgan fingerprint density at radius 2 is 2.13 bits per heavy atom. The molecule has 2 aromatic heterocycles. The monoisotopic (exact) mass is 335 g/mol. The number of urea groups is 1. The Labute approximate surface area is 139 Å². The number of aryl methyl sites for hydroxylation is 2. The van der Waals surface area contributed by atoms with Gasteiger partial charge in [-0.3, -0.25) is 0 Å². The number of pyridine rings is 1. The summed E-state index contributed by atoms with van der Waals surface area (Å²) in [5.41, 5.74) is 1.56. The molecule has 0 aromatic carbocycles. The van der Waals surface area contributed by atoms with Crippen molar-refractivity contribution in [3.63, 3.8) is 0 Å². The molecule has 0 spiro atoms. The summed E-state index contributed by atoms with van der Waals surface area (Å²) in [4.78, 5) is 22.4. The predicted octanol–water partition coefficient (Wildman–Crippen LogP) is 3.15. The first-order valence-corrected chi connectivity index (χ1v) is 7.89. The van der Waals surface area contributed by atoms with Gasteiger partial charge in [-0.05, 0) is 38.3 Å². The molecule has 1 saturated heterocycles. The maximum atomic E-state index is 12.4. The maximum Gasteiger partial charge on any atom is 0.321 e. The smallest absolute Gasteiger partial charge is 0.321 e. The molecule has 122 valence electrons. The summed E-state index contributed by atoms with van der Waals surface area (Å²) >= 11 is 5.82. The number of anilines is 1. The van der Waals surface area contributed by atoms with Crippen LogP contribution < -0.4 is 5.32 Å². The van der Waals surface area contributed by atoms with E-state index in [1.807, 2.05) is 6.92 Å². The van der Waals surface area contributed by atoms with Crippen LogP contribution in [0.1, 0.15) is 36.0 Å². The number of likely N-dealkylation sites (tertiary alicyclic amines) is 1. The van der Waals surface area contributed by atoms with Gasteiger partial charge >= 0.3 is 6.03 Å². The number of amides is 2. The van der Waals surface area contributed by atoms with Gasteiger partial charge in [0, 0.05) is 19.0 Å². The van der Waals surface area contributed by atoms with Crippen molar-refractivity contribution in [2.75, 3.05) is 18.4 Å². The van der Waals surface area contributed by atoms with Crippen LogP contribution in [0.2, 0.25) is 5.15 Å². The molecule has 0 atom stereocenters. The fraction of sp³-hybridized carbons (Fsp3) is 0.467. The lowest BCUT2D eigenvalue weighted by Gasteiger charge is -2.30. The fourth-order valence-electron chi connectivity index (χ4n) is 2.66. The van der Waals surface area contributed by atoms with E-state index in [-0.39, 0.29) is 11.9 Å². The van der Waals surface area contributed by atoms with E-state index in [2.05, 4.69) is 20.4 Å². The molecule has 7 nitrogen and oxygen atoms in total. The molecule has 2 amide bonds. The van der Waals surface area contributed by atoms with E-state index in [0.29, 0.717) is 35.6 Å². The molecule has 0 unspecified atom stereocenters. The van der Waals surface area contributed by atoms with Crippen molar-refractivity contribution in [2.45, 2.75) is 32.6 Å². The molecule has 0 bridgehead atoms. The number of halogens is 1. The minimum absolute atomic E-state index is 0.127. The Bertz CT molecular complexity index is 710. The zero-order chi connectivity index (χ0) is 16.4. The van der Waals surface area contributed by atoms with Gasteiger partial charge in [0.15, 0.2) is 5.82 Å². The quantitative estimate of drug-likeness (QED) is 0.852. The molecule has 1 N–H and O–H groups in total. The van der Waals surface area contributed by atoms with Crippen LogP contribution >= 0.6 is 11.6 Å². The van der Waals surface area contributed by atoms with E-state index in [4.69, 9.17) is 16.1 Å². The van der Waals surface area contributed by atoms with Gasteiger partial charge in [-0.25, -0.2) is 9.78 Å². The molecule has 0 aliphatic carbocycles. The molecule has 3 rings (SSSR count). The Kier molecular flexibility index (Phi) is 4.47. The highest BCUT2D eigenvalue weighted by molar-refractivity contribution is 6.29. The Morgan fingerprint density at radius 1 is 1.39 bits per heavy atom. The molecular weight excluding hydrogens is 318 g/mol. The molecule has 3 heterocycles. The number of rotatable bonds is 2. The van der Waals surface area contributed by atoms with Crippen LogP contribution in [0.15, 0.2) is 16.8 Å². The highest BCUT2D eigenvalue weighted by Gasteiger charge is 2.27. The van der Waals surface area contributed by atoms with Gasteiger partial charge in [-0.2, -0.15) is 4.98 Å². The van der Waals surface area contributed by atoms with E-state index in [9.17, 15) is 4.79 Å². The van der Waals surface area contributed by atoms with Crippen molar-refractivity contribution in [3.05, 3.63) is 34.7 Å². The van der Waals surface area contributed by atoms with Crippen molar-refractivity contribution in [3.8, 4) is 0 Å². The number of piperidine rings is 1. The van der Waals surface area contributed by atoms with Gasteiger partial charge in [0.2, 0.25) is 5.89 Å². The van der Waals surface area contributed by atoms with Gasteiger partial charge in [0.25, 0.3) is 0 Å². The van der Waals surface area contributed by atoms with Crippen molar-refractivity contribution in [1.82, 2.24) is 20.0 Å². The SMILES string of the molecule is Cc1noc(C2CCN(C(=O)Nc3cnc(Cl)cc3C)CC2)n1. The first-order chi connectivity index (χ1) is 11.0. The molecule has 0 radical (unpaired) electrons. The van der Waals surface area contributed by atoms with Crippen LogP contribution in [0.5, 0.6) is 0 Å². The first-order valence-electron chi connectivity index (χ1n) is 7.51. The summed E-state index contributed by atoms with van der Waals surface area (Å²) in [6.45, 7) is 4.99. The Balaban J connectivity index is 1.58. The third kappa shape index (κ3) is 3.61. The van der Waals surface area contributed by atoms with Crippen molar-refractivity contribution in [2.24, 2.45) is 0 Å². The standard InChI is InChI=1S/C15H18ClN5O2/c1-9-7-13(16)17-8-12(9)19-15(22)21-5-3-11(4-6-21)14-18-10(2)20-23-14/h7-8,11H,3-6H2,1-2H3,(H,19,22). The topological polar surface area (TPSA) is 84.2 Å². The van der Waals surface area contributed by atoms with Gasteiger partial charge in [-0.1, -0.05) is 16.8 Å². The van der Waals surface area contributed by atoms with Gasteiger partial charge in [0.1, 0.15) is 5.15 Å². The van der Waals surface area contributed by atoms with Crippen LogP contribution in [-0.2, 0) is 0 Å². The van der Waals surface area contributed by atoms with Crippen molar-refractivity contribution < 1.29 is 9.32 Å². The Hall–Kier alpha value is -2.15. The third-order valence-corrected chi connectivity index (χ3v) is 4.20. The molecule has 1 fully saturated rings. The van der Waals surface area contributed by atoms with E-state index in [1.54, 1.807) is 24.1 Å². The number of hydrogen-bond donors (Lipinski definition) is 1. The number of aromatic nitrogens is 3. The summed E-state index contributed by atoms with van der Waals surface area (Å²) < 4.78 is 5.22. The second-order valence-electron chi connectivity index (χ2n) is 5.69. The van der Waals surface area contributed by atoms with E-state index >= 15 is 0 Å². The Morgan fingerprint density at radius 3 is 2.74 bits per heavy atom. The fourth-order valence-corrected chi connectivity index (χ4v) is 2.87. The second-order valence-corrected chi connectivity index (χ2v) is 6.08. The number of carbonyl (C=O) groups excluding carboxylic acids is 1. The van der Waals surface area contributed by atoms with Crippen molar-refractivity contribution in [1.29, 1.82) is 0 Å².